The van der Waals surface area contributed by atoms with E-state index in [0.717, 1.165) is 37.0 Å². The van der Waals surface area contributed by atoms with Crippen LogP contribution in [0.4, 0.5) is 23.7 Å². The summed E-state index contributed by atoms with van der Waals surface area (Å²) in [5.74, 6) is -0.401. The van der Waals surface area contributed by atoms with Gasteiger partial charge in [-0.05, 0) is 67.6 Å². The topological polar surface area (TPSA) is 97.3 Å². The average Bonchev–Trinajstić information content (AvgIpc) is 2.81. The van der Waals surface area contributed by atoms with Gasteiger partial charge in [0.2, 0.25) is 0 Å². The van der Waals surface area contributed by atoms with E-state index in [9.17, 15) is 27.9 Å². The lowest BCUT2D eigenvalue weighted by Gasteiger charge is -2.32. The Kier molecular flexibility index (Phi) is 10.0. The molecule has 1 saturated carbocycles. The molecule has 0 spiro atoms. The standard InChI is InChI=1S/C26H31F3N2O6/c1-2-35-23(24(32)33)16-18-6-10-21(11-7-18)36-15-14-31(17-19-4-3-5-19)25(34)30-20-8-12-22(13-9-20)37-26(27,28)29/h6-13,19,23H,2-5,14-17H2,1H3,(H,30,34)(H,32,33). The zero-order valence-electron chi connectivity index (χ0n) is 20.5. The number of carbonyl (C=O) groups is 2. The molecule has 0 bridgehead atoms. The molecule has 0 heterocycles. The van der Waals surface area contributed by atoms with Crippen molar-refractivity contribution in [2.45, 2.75) is 45.1 Å². The maximum Gasteiger partial charge on any atom is 0.573 e. The lowest BCUT2D eigenvalue weighted by molar-refractivity contribution is -0.274. The number of amides is 2. The van der Waals surface area contributed by atoms with Crippen LogP contribution < -0.4 is 14.8 Å². The van der Waals surface area contributed by atoms with Crippen LogP contribution >= 0.6 is 0 Å². The van der Waals surface area contributed by atoms with Gasteiger partial charge in [0.1, 0.15) is 18.1 Å². The van der Waals surface area contributed by atoms with Crippen LogP contribution in [0.15, 0.2) is 48.5 Å². The van der Waals surface area contributed by atoms with E-state index >= 15 is 0 Å². The molecular weight excluding hydrogens is 493 g/mol. The molecule has 8 nitrogen and oxygen atoms in total. The number of carboxylic acids is 1. The largest absolute Gasteiger partial charge is 0.573 e. The van der Waals surface area contributed by atoms with Gasteiger partial charge in [0.15, 0.2) is 6.10 Å². The summed E-state index contributed by atoms with van der Waals surface area (Å²) in [6, 6.07) is 11.6. The first-order valence-corrected chi connectivity index (χ1v) is 12.1. The zero-order chi connectivity index (χ0) is 26.8. The number of hydrogen-bond acceptors (Lipinski definition) is 5. The Bertz CT molecular complexity index is 1010. The Hall–Kier alpha value is -3.47. The molecule has 1 aliphatic rings. The van der Waals surface area contributed by atoms with Crippen LogP contribution in [0.5, 0.6) is 11.5 Å². The molecule has 3 rings (SSSR count). The molecule has 0 aliphatic heterocycles. The van der Waals surface area contributed by atoms with Crippen LogP contribution in [0.3, 0.4) is 0 Å². The van der Waals surface area contributed by atoms with Crippen molar-refractivity contribution in [1.29, 1.82) is 0 Å². The number of carbonyl (C=O) groups excluding carboxylic acids is 1. The van der Waals surface area contributed by atoms with Crippen molar-refractivity contribution in [3.63, 3.8) is 0 Å². The van der Waals surface area contributed by atoms with Crippen molar-refractivity contribution in [3.05, 3.63) is 54.1 Å². The Morgan fingerprint density at radius 1 is 1.08 bits per heavy atom. The molecule has 2 N–H and O–H groups in total. The molecule has 2 amide bonds. The highest BCUT2D eigenvalue weighted by Gasteiger charge is 2.31. The second-order valence-electron chi connectivity index (χ2n) is 8.72. The summed E-state index contributed by atoms with van der Waals surface area (Å²) < 4.78 is 51.9. The van der Waals surface area contributed by atoms with Gasteiger partial charge >= 0.3 is 18.4 Å². The fraction of sp³-hybridized carbons (Fsp3) is 0.462. The summed E-state index contributed by atoms with van der Waals surface area (Å²) in [5.41, 5.74) is 1.15. The van der Waals surface area contributed by atoms with Gasteiger partial charge in [0, 0.05) is 25.3 Å². The van der Waals surface area contributed by atoms with Crippen LogP contribution in [0.1, 0.15) is 31.7 Å². The number of benzene rings is 2. The minimum Gasteiger partial charge on any atom is -0.492 e. The molecule has 202 valence electrons. The van der Waals surface area contributed by atoms with Gasteiger partial charge in [0.25, 0.3) is 0 Å². The number of hydrogen-bond donors (Lipinski definition) is 2. The minimum atomic E-state index is -4.78. The maximum absolute atomic E-state index is 12.9. The van der Waals surface area contributed by atoms with E-state index in [1.54, 1.807) is 36.1 Å². The maximum atomic E-state index is 12.9. The lowest BCUT2D eigenvalue weighted by Crippen LogP contribution is -2.42. The van der Waals surface area contributed by atoms with E-state index in [1.165, 1.54) is 12.1 Å². The zero-order valence-corrected chi connectivity index (χ0v) is 20.5. The highest BCUT2D eigenvalue weighted by Crippen LogP contribution is 2.28. The Balaban J connectivity index is 1.52. The molecule has 11 heteroatoms. The van der Waals surface area contributed by atoms with Crippen LogP contribution in [0, 0.1) is 5.92 Å². The number of aliphatic carboxylic acids is 1. The second-order valence-corrected chi connectivity index (χ2v) is 8.72. The molecule has 37 heavy (non-hydrogen) atoms. The molecule has 0 aromatic heterocycles. The molecule has 1 atom stereocenters. The van der Waals surface area contributed by atoms with Gasteiger partial charge < -0.3 is 29.5 Å². The van der Waals surface area contributed by atoms with Crippen LogP contribution in [0.2, 0.25) is 0 Å². The molecule has 0 radical (unpaired) electrons. The van der Waals surface area contributed by atoms with Crippen molar-refractivity contribution < 1.29 is 42.1 Å². The van der Waals surface area contributed by atoms with Crippen molar-refractivity contribution in [3.8, 4) is 11.5 Å². The van der Waals surface area contributed by atoms with Gasteiger partial charge in [-0.2, -0.15) is 0 Å². The summed E-state index contributed by atoms with van der Waals surface area (Å²) in [4.78, 5) is 25.8. The van der Waals surface area contributed by atoms with E-state index in [1.807, 2.05) is 0 Å². The first-order chi connectivity index (χ1) is 17.6. The predicted molar refractivity (Wildman–Crippen MR) is 130 cm³/mol. The van der Waals surface area contributed by atoms with Crippen molar-refractivity contribution >= 4 is 17.7 Å². The summed E-state index contributed by atoms with van der Waals surface area (Å²) >= 11 is 0. The van der Waals surface area contributed by atoms with Gasteiger partial charge in [-0.3, -0.25) is 0 Å². The fourth-order valence-corrected chi connectivity index (χ4v) is 3.83. The first-order valence-electron chi connectivity index (χ1n) is 12.1. The molecule has 2 aromatic rings. The summed E-state index contributed by atoms with van der Waals surface area (Å²) in [6.07, 6.45) is -2.26. The van der Waals surface area contributed by atoms with Gasteiger partial charge in [-0.15, -0.1) is 13.2 Å². The highest BCUT2D eigenvalue weighted by molar-refractivity contribution is 5.89. The number of nitrogens with one attached hydrogen (secondary N) is 1. The normalized spacial score (nSPS) is 14.4. The first kappa shape index (κ1) is 28.1. The second kappa shape index (κ2) is 13.2. The van der Waals surface area contributed by atoms with E-state index in [2.05, 4.69) is 10.1 Å². The van der Waals surface area contributed by atoms with Crippen molar-refractivity contribution in [2.75, 3.05) is 31.6 Å². The van der Waals surface area contributed by atoms with Crippen LogP contribution in [-0.4, -0.2) is 60.8 Å². The summed E-state index contributed by atoms with van der Waals surface area (Å²) in [7, 11) is 0. The average molecular weight is 525 g/mol. The smallest absolute Gasteiger partial charge is 0.492 e. The molecule has 1 aliphatic carbocycles. The van der Waals surface area contributed by atoms with E-state index in [-0.39, 0.29) is 24.8 Å². The molecule has 1 unspecified atom stereocenters. The summed E-state index contributed by atoms with van der Waals surface area (Å²) in [5, 5.41) is 11.9. The fourth-order valence-electron chi connectivity index (χ4n) is 3.83. The van der Waals surface area contributed by atoms with E-state index in [4.69, 9.17) is 9.47 Å². The number of nitrogens with zero attached hydrogens (tertiary/aromatic N) is 1. The van der Waals surface area contributed by atoms with Crippen molar-refractivity contribution in [1.82, 2.24) is 4.90 Å². The Labute approximate surface area is 213 Å². The number of urea groups is 1. The van der Waals surface area contributed by atoms with Crippen molar-refractivity contribution in [2.24, 2.45) is 5.92 Å². The number of ether oxygens (including phenoxy) is 3. The molecular formula is C26H31F3N2O6. The van der Waals surface area contributed by atoms with Crippen LogP contribution in [-0.2, 0) is 16.0 Å². The third-order valence-electron chi connectivity index (χ3n) is 5.95. The van der Waals surface area contributed by atoms with Gasteiger partial charge in [0.05, 0.1) is 6.54 Å². The van der Waals surface area contributed by atoms with Gasteiger partial charge in [-0.25, -0.2) is 9.59 Å². The number of alkyl halides is 3. The third kappa shape index (κ3) is 9.49. The minimum absolute atomic E-state index is 0.231. The summed E-state index contributed by atoms with van der Waals surface area (Å²) in [6.45, 7) is 3.14. The Morgan fingerprint density at radius 2 is 1.73 bits per heavy atom. The predicted octanol–water partition coefficient (Wildman–Crippen LogP) is 5.33. The number of anilines is 1. The number of carboxylic acid groups (broad SMARTS) is 1. The van der Waals surface area contributed by atoms with Crippen LogP contribution in [0.25, 0.3) is 0 Å². The van der Waals surface area contributed by atoms with E-state index < -0.39 is 18.4 Å². The lowest BCUT2D eigenvalue weighted by atomic mass is 9.85. The highest BCUT2D eigenvalue weighted by atomic mass is 19.4. The Morgan fingerprint density at radius 3 is 2.27 bits per heavy atom. The third-order valence-corrected chi connectivity index (χ3v) is 5.95. The molecule has 0 saturated heterocycles. The number of halogens is 3. The number of rotatable bonds is 13. The SMILES string of the molecule is CCOC(Cc1ccc(OCCN(CC2CCC2)C(=O)Nc2ccc(OC(F)(F)F)cc2)cc1)C(=O)O. The monoisotopic (exact) mass is 524 g/mol. The van der Waals surface area contributed by atoms with Gasteiger partial charge in [-0.1, -0.05) is 18.6 Å². The molecule has 2 aromatic carbocycles. The van der Waals surface area contributed by atoms with E-state index in [0.29, 0.717) is 37.1 Å². The molecule has 1 fully saturated rings. The quantitative estimate of drug-likeness (QED) is 0.368.